The fourth-order valence-corrected chi connectivity index (χ4v) is 6.72. The number of hydrogen-bond donors (Lipinski definition) is 1. The van der Waals surface area contributed by atoms with Crippen molar-refractivity contribution in [2.75, 3.05) is 26.8 Å². The highest BCUT2D eigenvalue weighted by Crippen LogP contribution is 2.50. The van der Waals surface area contributed by atoms with Gasteiger partial charge in [-0.05, 0) is 74.7 Å². The molecule has 248 valence electrons. The molecule has 0 spiro atoms. The number of fused-ring (bicyclic) bond motifs is 2. The molecule has 0 bridgehead atoms. The van der Waals surface area contributed by atoms with Gasteiger partial charge in [-0.3, -0.25) is 4.90 Å². The van der Waals surface area contributed by atoms with Gasteiger partial charge in [0.15, 0.2) is 11.5 Å². The van der Waals surface area contributed by atoms with Gasteiger partial charge in [0.05, 0.1) is 48.5 Å². The van der Waals surface area contributed by atoms with Crippen molar-refractivity contribution in [1.29, 1.82) is 0 Å². The molecule has 3 aliphatic heterocycles. The quantitative estimate of drug-likeness (QED) is 0.209. The van der Waals surface area contributed by atoms with E-state index in [1.807, 2.05) is 16.7 Å². The SMILES string of the molecule is COc1cc(C(=O)O)cc2c1nc(CN1CCC(c3cccc4c3OC(C)(c3ccc(C(F)(F)F)cc3F)O4)CC1)n2C[C@@H]1CCO1. The van der Waals surface area contributed by atoms with E-state index in [4.69, 9.17) is 23.9 Å². The zero-order valence-corrected chi connectivity index (χ0v) is 25.8. The number of piperidine rings is 1. The van der Waals surface area contributed by atoms with Crippen LogP contribution in [0.15, 0.2) is 48.5 Å². The highest BCUT2D eigenvalue weighted by atomic mass is 19.4. The van der Waals surface area contributed by atoms with Gasteiger partial charge < -0.3 is 28.6 Å². The molecule has 4 aromatic rings. The molecule has 47 heavy (non-hydrogen) atoms. The van der Waals surface area contributed by atoms with Gasteiger partial charge in [0.2, 0.25) is 0 Å². The Morgan fingerprint density at radius 3 is 2.51 bits per heavy atom. The van der Waals surface area contributed by atoms with Crippen molar-refractivity contribution in [1.82, 2.24) is 14.5 Å². The van der Waals surface area contributed by atoms with Gasteiger partial charge in [-0.15, -0.1) is 0 Å². The summed E-state index contributed by atoms with van der Waals surface area (Å²) in [5.74, 6) is -1.56. The summed E-state index contributed by atoms with van der Waals surface area (Å²) < 4.78 is 79.9. The average molecular weight is 656 g/mol. The van der Waals surface area contributed by atoms with Crippen molar-refractivity contribution >= 4 is 17.0 Å². The summed E-state index contributed by atoms with van der Waals surface area (Å²) in [5, 5.41) is 9.69. The molecule has 9 nitrogen and oxygen atoms in total. The lowest BCUT2D eigenvalue weighted by Gasteiger charge is -2.33. The molecule has 3 aliphatic rings. The third-order valence-corrected chi connectivity index (χ3v) is 9.33. The Bertz CT molecular complexity index is 1850. The topological polar surface area (TPSA) is 95.3 Å². The minimum atomic E-state index is -4.67. The molecule has 0 aliphatic carbocycles. The molecule has 1 unspecified atom stereocenters. The number of carboxylic acids is 1. The van der Waals surface area contributed by atoms with Crippen LogP contribution < -0.4 is 14.2 Å². The Kier molecular flexibility index (Phi) is 7.79. The number of imidazole rings is 1. The van der Waals surface area contributed by atoms with Crippen molar-refractivity contribution in [2.45, 2.75) is 63.3 Å². The van der Waals surface area contributed by atoms with Crippen LogP contribution in [-0.2, 0) is 29.8 Å². The van der Waals surface area contributed by atoms with Crippen LogP contribution in [0.3, 0.4) is 0 Å². The number of nitrogens with zero attached hydrogens (tertiary/aromatic N) is 3. The third kappa shape index (κ3) is 5.75. The largest absolute Gasteiger partial charge is 0.494 e. The number of likely N-dealkylation sites (tertiary alicyclic amines) is 1. The lowest BCUT2D eigenvalue weighted by atomic mass is 9.88. The van der Waals surface area contributed by atoms with Crippen LogP contribution in [0.2, 0.25) is 0 Å². The predicted molar refractivity (Wildman–Crippen MR) is 161 cm³/mol. The van der Waals surface area contributed by atoms with E-state index in [0.717, 1.165) is 55.9 Å². The second-order valence-corrected chi connectivity index (χ2v) is 12.3. The fourth-order valence-electron chi connectivity index (χ4n) is 6.72. The van der Waals surface area contributed by atoms with Crippen LogP contribution in [0.4, 0.5) is 17.6 Å². The van der Waals surface area contributed by atoms with Gasteiger partial charge in [-0.1, -0.05) is 12.1 Å². The number of ether oxygens (including phenoxy) is 4. The molecule has 3 aromatic carbocycles. The first-order valence-corrected chi connectivity index (χ1v) is 15.5. The molecular formula is C34H33F4N3O6. The first-order valence-electron chi connectivity index (χ1n) is 15.5. The van der Waals surface area contributed by atoms with Crippen molar-refractivity contribution in [2.24, 2.45) is 0 Å². The molecule has 1 aromatic heterocycles. The Hall–Kier alpha value is -4.36. The smallest absolute Gasteiger partial charge is 0.416 e. The summed E-state index contributed by atoms with van der Waals surface area (Å²) in [4.78, 5) is 19.0. The van der Waals surface area contributed by atoms with Gasteiger partial charge in [0.1, 0.15) is 22.9 Å². The fraction of sp³-hybridized carbons (Fsp3) is 0.412. The van der Waals surface area contributed by atoms with Gasteiger partial charge in [-0.2, -0.15) is 13.2 Å². The number of rotatable bonds is 8. The van der Waals surface area contributed by atoms with Crippen LogP contribution in [-0.4, -0.2) is 58.4 Å². The summed E-state index contributed by atoms with van der Waals surface area (Å²) in [6.07, 6.45) is -2.16. The van der Waals surface area contributed by atoms with E-state index in [1.54, 1.807) is 12.1 Å². The molecule has 2 saturated heterocycles. The van der Waals surface area contributed by atoms with E-state index < -0.39 is 29.3 Å². The number of alkyl halides is 3. The Morgan fingerprint density at radius 1 is 1.11 bits per heavy atom. The highest BCUT2D eigenvalue weighted by Gasteiger charge is 2.44. The molecule has 0 saturated carbocycles. The summed E-state index contributed by atoms with van der Waals surface area (Å²) in [7, 11) is 1.50. The summed E-state index contributed by atoms with van der Waals surface area (Å²) in [6, 6.07) is 10.9. The van der Waals surface area contributed by atoms with Gasteiger partial charge in [0, 0.05) is 19.1 Å². The maximum absolute atomic E-state index is 15.0. The van der Waals surface area contributed by atoms with Crippen molar-refractivity contribution in [3.8, 4) is 17.2 Å². The van der Waals surface area contributed by atoms with Crippen molar-refractivity contribution in [3.05, 3.63) is 82.4 Å². The van der Waals surface area contributed by atoms with Gasteiger partial charge in [-0.25, -0.2) is 14.2 Å². The number of hydrogen-bond acceptors (Lipinski definition) is 7. The molecule has 4 heterocycles. The van der Waals surface area contributed by atoms with Crippen molar-refractivity contribution < 1.29 is 46.4 Å². The molecular weight excluding hydrogens is 622 g/mol. The molecule has 13 heteroatoms. The lowest BCUT2D eigenvalue weighted by molar-refractivity contribution is -0.138. The molecule has 2 fully saturated rings. The Balaban J connectivity index is 1.09. The molecule has 1 N–H and O–H groups in total. The Morgan fingerprint density at radius 2 is 1.87 bits per heavy atom. The average Bonchev–Trinajstić information content (AvgIpc) is 3.55. The number of aromatic carboxylic acids is 1. The van der Waals surface area contributed by atoms with Gasteiger partial charge >= 0.3 is 12.1 Å². The minimum absolute atomic E-state index is 0.0282. The molecule has 0 radical (unpaired) electrons. The van der Waals surface area contributed by atoms with E-state index in [0.29, 0.717) is 54.0 Å². The number of methoxy groups -OCH3 is 1. The van der Waals surface area contributed by atoms with Crippen LogP contribution in [0, 0.1) is 5.82 Å². The normalized spacial score (nSPS) is 21.6. The third-order valence-electron chi connectivity index (χ3n) is 9.33. The first-order chi connectivity index (χ1) is 22.4. The summed E-state index contributed by atoms with van der Waals surface area (Å²) in [6.45, 7) is 4.76. The Labute approximate surface area is 267 Å². The maximum Gasteiger partial charge on any atom is 0.416 e. The van der Waals surface area contributed by atoms with Gasteiger partial charge in [0.25, 0.3) is 5.79 Å². The first kappa shape index (κ1) is 31.3. The van der Waals surface area contributed by atoms with E-state index in [-0.39, 0.29) is 23.1 Å². The monoisotopic (exact) mass is 655 g/mol. The zero-order chi connectivity index (χ0) is 33.1. The van der Waals surface area contributed by atoms with E-state index >= 15 is 0 Å². The van der Waals surface area contributed by atoms with E-state index in [1.165, 1.54) is 20.1 Å². The lowest BCUT2D eigenvalue weighted by Crippen LogP contribution is -2.35. The second kappa shape index (κ2) is 11.7. The molecule has 7 rings (SSSR count). The van der Waals surface area contributed by atoms with Crippen molar-refractivity contribution in [3.63, 3.8) is 0 Å². The number of halogens is 4. The van der Waals surface area contributed by atoms with Crippen LogP contribution in [0.25, 0.3) is 11.0 Å². The maximum atomic E-state index is 15.0. The molecule has 0 amide bonds. The minimum Gasteiger partial charge on any atom is -0.494 e. The highest BCUT2D eigenvalue weighted by molar-refractivity contribution is 5.95. The van der Waals surface area contributed by atoms with E-state index in [2.05, 4.69) is 4.90 Å². The second-order valence-electron chi connectivity index (χ2n) is 12.3. The summed E-state index contributed by atoms with van der Waals surface area (Å²) in [5.41, 5.74) is 1.11. The zero-order valence-electron chi connectivity index (χ0n) is 25.8. The number of aromatic nitrogens is 2. The standard InChI is InChI=1S/C34H33F4N3O6/c1-33(24-7-6-21(16-25(24)35)34(36,37)38)46-27-5-3-4-23(31(27)47-33)19-8-11-40(12-9-19)18-29-39-30-26(41(29)17-22-10-13-45-22)14-20(32(42)43)15-28(30)44-2/h3-7,14-16,19,22H,8-13,17-18H2,1-2H3,(H,42,43)/t22-,33?/m0/s1. The summed E-state index contributed by atoms with van der Waals surface area (Å²) >= 11 is 0. The number of benzene rings is 3. The van der Waals surface area contributed by atoms with Crippen LogP contribution >= 0.6 is 0 Å². The van der Waals surface area contributed by atoms with Crippen LogP contribution in [0.5, 0.6) is 17.2 Å². The predicted octanol–water partition coefficient (Wildman–Crippen LogP) is 6.71. The number of carboxylic acid groups (broad SMARTS) is 1. The number of para-hydroxylation sites is 1. The molecule has 2 atom stereocenters. The van der Waals surface area contributed by atoms with Crippen LogP contribution in [0.1, 0.15) is 65.0 Å². The number of carbonyl (C=O) groups is 1. The van der Waals surface area contributed by atoms with E-state index in [9.17, 15) is 27.5 Å².